The van der Waals surface area contributed by atoms with Gasteiger partial charge in [0.25, 0.3) is 5.78 Å². The van der Waals surface area contributed by atoms with Crippen molar-refractivity contribution in [2.24, 2.45) is 5.41 Å². The fourth-order valence-corrected chi connectivity index (χ4v) is 0.465. The molecule has 0 aromatic carbocycles. The third-order valence-corrected chi connectivity index (χ3v) is 0.951. The molecule has 0 radical (unpaired) electrons. The van der Waals surface area contributed by atoms with Gasteiger partial charge < -0.3 is 5.11 Å². The van der Waals surface area contributed by atoms with Crippen LogP contribution in [0.5, 0.6) is 0 Å². The minimum Gasteiger partial charge on any atom is -0.475 e. The molecule has 0 aromatic heterocycles. The molecule has 0 heterocycles. The van der Waals surface area contributed by atoms with Gasteiger partial charge in [0.15, 0.2) is 0 Å². The summed E-state index contributed by atoms with van der Waals surface area (Å²) in [5.74, 6) is 3.03. The normalized spacial score (nSPS) is 9.92. The van der Waals surface area contributed by atoms with E-state index < -0.39 is 11.8 Å². The Morgan fingerprint density at radius 1 is 1.33 bits per heavy atom. The SMILES string of the molecule is CC(C)(C)C#CCC(=O)C(=O)O. The van der Waals surface area contributed by atoms with Crippen molar-refractivity contribution in [3.63, 3.8) is 0 Å². The van der Waals surface area contributed by atoms with Crippen LogP contribution in [0, 0.1) is 17.3 Å². The molecule has 0 rings (SSSR count). The van der Waals surface area contributed by atoms with E-state index in [0.29, 0.717) is 0 Å². The van der Waals surface area contributed by atoms with E-state index in [2.05, 4.69) is 11.8 Å². The third-order valence-electron chi connectivity index (χ3n) is 0.951. The number of aliphatic carboxylic acids is 1. The molecular formula is C9H12O3. The van der Waals surface area contributed by atoms with Gasteiger partial charge in [-0.2, -0.15) is 0 Å². The number of hydrogen-bond donors (Lipinski definition) is 1. The Balaban J connectivity index is 4.05. The van der Waals surface area contributed by atoms with E-state index in [1.807, 2.05) is 20.8 Å². The van der Waals surface area contributed by atoms with Crippen LogP contribution >= 0.6 is 0 Å². The molecule has 0 aliphatic heterocycles. The van der Waals surface area contributed by atoms with Crippen LogP contribution in [-0.2, 0) is 9.59 Å². The van der Waals surface area contributed by atoms with E-state index in [4.69, 9.17) is 5.11 Å². The second-order valence-electron chi connectivity index (χ2n) is 3.46. The fraction of sp³-hybridized carbons (Fsp3) is 0.556. The Morgan fingerprint density at radius 3 is 2.17 bits per heavy atom. The van der Waals surface area contributed by atoms with E-state index >= 15 is 0 Å². The number of carbonyl (C=O) groups excluding carboxylic acids is 1. The highest BCUT2D eigenvalue weighted by molar-refractivity contribution is 6.33. The van der Waals surface area contributed by atoms with Crippen molar-refractivity contribution in [2.75, 3.05) is 0 Å². The van der Waals surface area contributed by atoms with Crippen LogP contribution < -0.4 is 0 Å². The molecule has 0 aliphatic rings. The van der Waals surface area contributed by atoms with Crippen molar-refractivity contribution in [3.05, 3.63) is 0 Å². The lowest BCUT2D eigenvalue weighted by molar-refractivity contribution is -0.148. The van der Waals surface area contributed by atoms with Crippen LogP contribution in [0.4, 0.5) is 0 Å². The lowest BCUT2D eigenvalue weighted by Gasteiger charge is -2.06. The summed E-state index contributed by atoms with van der Waals surface area (Å²) >= 11 is 0. The minimum atomic E-state index is -1.42. The summed E-state index contributed by atoms with van der Waals surface area (Å²) in [4.78, 5) is 20.6. The molecular weight excluding hydrogens is 156 g/mol. The topological polar surface area (TPSA) is 54.4 Å². The smallest absolute Gasteiger partial charge is 0.373 e. The van der Waals surface area contributed by atoms with Crippen molar-refractivity contribution in [3.8, 4) is 11.8 Å². The molecule has 0 aromatic rings. The molecule has 0 aliphatic carbocycles. The molecule has 0 saturated heterocycles. The number of rotatable bonds is 2. The van der Waals surface area contributed by atoms with Gasteiger partial charge in [0.2, 0.25) is 0 Å². The van der Waals surface area contributed by atoms with Gasteiger partial charge in [-0.3, -0.25) is 4.79 Å². The highest BCUT2D eigenvalue weighted by atomic mass is 16.4. The molecule has 0 fully saturated rings. The zero-order valence-electron chi connectivity index (χ0n) is 7.47. The van der Waals surface area contributed by atoms with Crippen LogP contribution in [0.3, 0.4) is 0 Å². The summed E-state index contributed by atoms with van der Waals surface area (Å²) in [7, 11) is 0. The summed E-state index contributed by atoms with van der Waals surface area (Å²) < 4.78 is 0. The fourth-order valence-electron chi connectivity index (χ4n) is 0.465. The number of hydrogen-bond acceptors (Lipinski definition) is 2. The highest BCUT2D eigenvalue weighted by Crippen LogP contribution is 2.09. The van der Waals surface area contributed by atoms with Gasteiger partial charge in [-0.25, -0.2) is 4.79 Å². The quantitative estimate of drug-likeness (QED) is 0.496. The number of carboxylic acid groups (broad SMARTS) is 1. The van der Waals surface area contributed by atoms with Crippen LogP contribution in [0.2, 0.25) is 0 Å². The number of carbonyl (C=O) groups is 2. The van der Waals surface area contributed by atoms with Gasteiger partial charge in [0.05, 0.1) is 6.42 Å². The van der Waals surface area contributed by atoms with Gasteiger partial charge in [-0.15, -0.1) is 0 Å². The van der Waals surface area contributed by atoms with Gasteiger partial charge in [-0.1, -0.05) is 11.8 Å². The molecule has 3 heteroatoms. The third kappa shape index (κ3) is 5.48. The first-order valence-electron chi connectivity index (χ1n) is 3.59. The van der Waals surface area contributed by atoms with Crippen molar-refractivity contribution in [2.45, 2.75) is 27.2 Å². The average Bonchev–Trinajstić information content (AvgIpc) is 1.84. The standard InChI is InChI=1S/C9H12O3/c1-9(2,3)6-4-5-7(10)8(11)12/h5H2,1-3H3,(H,11,12). The van der Waals surface area contributed by atoms with E-state index in [0.717, 1.165) is 0 Å². The van der Waals surface area contributed by atoms with E-state index in [1.54, 1.807) is 0 Å². The molecule has 0 atom stereocenters. The summed E-state index contributed by atoms with van der Waals surface area (Å²) in [6.45, 7) is 5.68. The molecule has 0 bridgehead atoms. The first-order valence-corrected chi connectivity index (χ1v) is 3.59. The summed E-state index contributed by atoms with van der Waals surface area (Å²) in [5.41, 5.74) is -0.182. The zero-order chi connectivity index (χ0) is 9.78. The van der Waals surface area contributed by atoms with Gasteiger partial charge in [0, 0.05) is 5.41 Å². The molecule has 0 saturated carbocycles. The molecule has 1 N–H and O–H groups in total. The van der Waals surface area contributed by atoms with E-state index in [-0.39, 0.29) is 11.8 Å². The van der Waals surface area contributed by atoms with Gasteiger partial charge in [0.1, 0.15) is 0 Å². The number of carboxylic acids is 1. The molecule has 3 nitrogen and oxygen atoms in total. The second-order valence-corrected chi connectivity index (χ2v) is 3.46. The van der Waals surface area contributed by atoms with Crippen molar-refractivity contribution < 1.29 is 14.7 Å². The summed E-state index contributed by atoms with van der Waals surface area (Å²) in [6, 6.07) is 0. The molecule has 66 valence electrons. The number of ketones is 1. The average molecular weight is 168 g/mol. The van der Waals surface area contributed by atoms with E-state index in [1.165, 1.54) is 0 Å². The minimum absolute atomic E-state index is 0.182. The van der Waals surface area contributed by atoms with Crippen LogP contribution in [-0.4, -0.2) is 16.9 Å². The van der Waals surface area contributed by atoms with Crippen LogP contribution in [0.1, 0.15) is 27.2 Å². The molecule has 0 spiro atoms. The lowest BCUT2D eigenvalue weighted by Crippen LogP contribution is -2.11. The Bertz CT molecular complexity index is 247. The van der Waals surface area contributed by atoms with Crippen molar-refractivity contribution >= 4 is 11.8 Å². The van der Waals surface area contributed by atoms with Crippen molar-refractivity contribution in [1.82, 2.24) is 0 Å². The number of Topliss-reactive ketones (excluding diaryl/α,β-unsaturated/α-hetero) is 1. The first-order chi connectivity index (χ1) is 5.33. The van der Waals surface area contributed by atoms with Crippen molar-refractivity contribution in [1.29, 1.82) is 0 Å². The Hall–Kier alpha value is -1.30. The maximum Gasteiger partial charge on any atom is 0.373 e. The second kappa shape index (κ2) is 3.91. The largest absolute Gasteiger partial charge is 0.475 e. The van der Waals surface area contributed by atoms with Crippen LogP contribution in [0.15, 0.2) is 0 Å². The lowest BCUT2D eigenvalue weighted by atomic mass is 9.98. The molecule has 0 unspecified atom stereocenters. The Labute approximate surface area is 71.8 Å². The van der Waals surface area contributed by atoms with Gasteiger partial charge >= 0.3 is 5.97 Å². The maximum absolute atomic E-state index is 10.5. The monoisotopic (exact) mass is 168 g/mol. The predicted molar refractivity (Wildman–Crippen MR) is 44.5 cm³/mol. The summed E-state index contributed by atoms with van der Waals surface area (Å²) in [6.07, 6.45) is -0.202. The molecule has 12 heavy (non-hydrogen) atoms. The summed E-state index contributed by atoms with van der Waals surface area (Å²) in [5, 5.41) is 8.19. The first kappa shape index (κ1) is 10.7. The van der Waals surface area contributed by atoms with Crippen LogP contribution in [0.25, 0.3) is 0 Å². The zero-order valence-corrected chi connectivity index (χ0v) is 7.47. The Kier molecular flexibility index (Phi) is 3.49. The highest BCUT2D eigenvalue weighted by Gasteiger charge is 2.09. The molecule has 0 amide bonds. The Morgan fingerprint density at radius 2 is 1.83 bits per heavy atom. The van der Waals surface area contributed by atoms with Gasteiger partial charge in [-0.05, 0) is 20.8 Å². The maximum atomic E-state index is 10.5. The predicted octanol–water partition coefficient (Wildman–Crippen LogP) is 1.08. The van der Waals surface area contributed by atoms with E-state index in [9.17, 15) is 9.59 Å².